The number of hydrogen-bond donors (Lipinski definition) is 2. The lowest BCUT2D eigenvalue weighted by molar-refractivity contribution is -0.111. The quantitative estimate of drug-likeness (QED) is 0.549. The molecule has 1 amide bonds. The third-order valence-electron chi connectivity index (χ3n) is 3.60. The number of amides is 1. The van der Waals surface area contributed by atoms with Crippen molar-refractivity contribution >= 4 is 56.8 Å². The van der Waals surface area contributed by atoms with Crippen LogP contribution in [0.1, 0.15) is 5.56 Å². The van der Waals surface area contributed by atoms with Crippen molar-refractivity contribution in [3.05, 3.63) is 82.6 Å². The van der Waals surface area contributed by atoms with E-state index in [1.165, 1.54) is 48.8 Å². The van der Waals surface area contributed by atoms with E-state index >= 15 is 0 Å². The summed E-state index contributed by atoms with van der Waals surface area (Å²) >= 11 is 12.0. The average molecular weight is 449 g/mol. The van der Waals surface area contributed by atoms with Crippen LogP contribution >= 0.6 is 23.2 Å². The van der Waals surface area contributed by atoms with Crippen LogP contribution in [0.25, 0.3) is 6.08 Å². The molecule has 0 aliphatic heterocycles. The second-order valence-corrected chi connectivity index (χ2v) is 8.22. The molecule has 0 unspecified atom stereocenters. The lowest BCUT2D eigenvalue weighted by Crippen LogP contribution is -2.15. The highest BCUT2D eigenvalue weighted by Gasteiger charge is 2.15. The standard InChI is InChI=1S/C19H14Cl2N4O3S/c20-14-3-8-17(21)13(12-14)2-9-18(26)24-15-4-6-16(7-5-15)29(27,28)25-19-22-10-1-11-23-19/h1-12H,(H,24,26)(H,22,23,25)/b9-2+. The van der Waals surface area contributed by atoms with Crippen molar-refractivity contribution in [2.75, 3.05) is 10.0 Å². The zero-order chi connectivity index (χ0) is 20.9. The maximum atomic E-state index is 12.3. The molecule has 0 fully saturated rings. The molecular weight excluding hydrogens is 435 g/mol. The van der Waals surface area contributed by atoms with Crippen molar-refractivity contribution in [2.24, 2.45) is 0 Å². The maximum absolute atomic E-state index is 12.3. The summed E-state index contributed by atoms with van der Waals surface area (Å²) in [6.45, 7) is 0. The van der Waals surface area contributed by atoms with Gasteiger partial charge in [0.2, 0.25) is 11.9 Å². The van der Waals surface area contributed by atoms with Crippen LogP contribution in [0.3, 0.4) is 0 Å². The number of carbonyl (C=O) groups is 1. The van der Waals surface area contributed by atoms with Gasteiger partial charge in [0, 0.05) is 34.2 Å². The monoisotopic (exact) mass is 448 g/mol. The molecule has 2 aromatic carbocycles. The second-order valence-electron chi connectivity index (χ2n) is 5.69. The maximum Gasteiger partial charge on any atom is 0.264 e. The van der Waals surface area contributed by atoms with Crippen molar-refractivity contribution < 1.29 is 13.2 Å². The van der Waals surface area contributed by atoms with Gasteiger partial charge in [-0.25, -0.2) is 23.1 Å². The van der Waals surface area contributed by atoms with Crippen molar-refractivity contribution in [2.45, 2.75) is 4.90 Å². The summed E-state index contributed by atoms with van der Waals surface area (Å²) in [4.78, 5) is 19.7. The van der Waals surface area contributed by atoms with E-state index in [0.29, 0.717) is 21.3 Å². The van der Waals surface area contributed by atoms with E-state index in [2.05, 4.69) is 20.0 Å². The van der Waals surface area contributed by atoms with Gasteiger partial charge in [-0.15, -0.1) is 0 Å². The SMILES string of the molecule is O=C(/C=C/c1cc(Cl)ccc1Cl)Nc1ccc(S(=O)(=O)Nc2ncccn2)cc1. The Balaban J connectivity index is 1.66. The lowest BCUT2D eigenvalue weighted by atomic mass is 10.2. The Morgan fingerprint density at radius 1 is 1.00 bits per heavy atom. The van der Waals surface area contributed by atoms with E-state index in [4.69, 9.17) is 23.2 Å². The number of sulfonamides is 1. The van der Waals surface area contributed by atoms with Gasteiger partial charge in [0.1, 0.15) is 0 Å². The lowest BCUT2D eigenvalue weighted by Gasteiger charge is -2.07. The molecule has 0 spiro atoms. The summed E-state index contributed by atoms with van der Waals surface area (Å²) in [7, 11) is -3.84. The highest BCUT2D eigenvalue weighted by Crippen LogP contribution is 2.22. The molecule has 0 saturated heterocycles. The Labute approximate surface area is 177 Å². The molecule has 148 valence electrons. The van der Waals surface area contributed by atoms with E-state index in [0.717, 1.165) is 0 Å². The first-order chi connectivity index (χ1) is 13.8. The molecule has 29 heavy (non-hydrogen) atoms. The van der Waals surface area contributed by atoms with Crippen LogP contribution in [0.15, 0.2) is 71.9 Å². The smallest absolute Gasteiger partial charge is 0.264 e. The summed E-state index contributed by atoms with van der Waals surface area (Å²) in [5.41, 5.74) is 1.02. The topological polar surface area (TPSA) is 101 Å². The van der Waals surface area contributed by atoms with Gasteiger partial charge in [0.15, 0.2) is 0 Å². The van der Waals surface area contributed by atoms with Crippen LogP contribution in [0.4, 0.5) is 11.6 Å². The second kappa shape index (κ2) is 9.04. The molecule has 0 aliphatic carbocycles. The number of nitrogens with zero attached hydrogens (tertiary/aromatic N) is 2. The Kier molecular flexibility index (Phi) is 6.48. The van der Waals surface area contributed by atoms with Gasteiger partial charge in [0.25, 0.3) is 10.0 Å². The fourth-order valence-electron chi connectivity index (χ4n) is 2.24. The summed E-state index contributed by atoms with van der Waals surface area (Å²) < 4.78 is 27.0. The number of anilines is 2. The molecule has 0 aliphatic rings. The Morgan fingerprint density at radius 3 is 2.38 bits per heavy atom. The highest BCUT2D eigenvalue weighted by molar-refractivity contribution is 7.92. The number of aromatic nitrogens is 2. The number of hydrogen-bond acceptors (Lipinski definition) is 5. The molecule has 0 radical (unpaired) electrons. The van der Waals surface area contributed by atoms with E-state index < -0.39 is 15.9 Å². The van der Waals surface area contributed by atoms with Crippen molar-refractivity contribution in [3.63, 3.8) is 0 Å². The van der Waals surface area contributed by atoms with E-state index in [-0.39, 0.29) is 10.8 Å². The molecule has 2 N–H and O–H groups in total. The molecule has 1 aromatic heterocycles. The molecule has 0 atom stereocenters. The summed E-state index contributed by atoms with van der Waals surface area (Å²) in [6, 6.07) is 12.2. The normalized spacial score (nSPS) is 11.4. The fraction of sp³-hybridized carbons (Fsp3) is 0. The first kappa shape index (κ1) is 20.8. The Bertz CT molecular complexity index is 1150. The molecule has 3 aromatic rings. The van der Waals surface area contributed by atoms with Gasteiger partial charge in [-0.1, -0.05) is 23.2 Å². The number of benzene rings is 2. The Hall–Kier alpha value is -2.94. The van der Waals surface area contributed by atoms with E-state index in [1.807, 2.05) is 0 Å². The summed E-state index contributed by atoms with van der Waals surface area (Å²) in [5, 5.41) is 3.59. The third kappa shape index (κ3) is 5.77. The number of rotatable bonds is 6. The van der Waals surface area contributed by atoms with Gasteiger partial charge in [-0.05, 0) is 60.2 Å². The highest BCUT2D eigenvalue weighted by atomic mass is 35.5. The van der Waals surface area contributed by atoms with Gasteiger partial charge < -0.3 is 5.32 Å². The van der Waals surface area contributed by atoms with Crippen molar-refractivity contribution in [3.8, 4) is 0 Å². The number of carbonyl (C=O) groups excluding carboxylic acids is 1. The molecule has 0 saturated carbocycles. The summed E-state index contributed by atoms with van der Waals surface area (Å²) in [5.74, 6) is -0.442. The first-order valence-electron chi connectivity index (χ1n) is 8.17. The molecule has 0 bridgehead atoms. The third-order valence-corrected chi connectivity index (χ3v) is 5.52. The van der Waals surface area contributed by atoms with Gasteiger partial charge in [0.05, 0.1) is 4.90 Å². The van der Waals surface area contributed by atoms with Crippen LogP contribution < -0.4 is 10.0 Å². The predicted octanol–water partition coefficient (Wildman–Crippen LogP) is 4.24. The number of halogens is 2. The number of nitrogens with one attached hydrogen (secondary N) is 2. The largest absolute Gasteiger partial charge is 0.323 e. The minimum Gasteiger partial charge on any atom is -0.323 e. The predicted molar refractivity (Wildman–Crippen MR) is 113 cm³/mol. The minimum absolute atomic E-state index is 0.00389. The fourth-order valence-corrected chi connectivity index (χ4v) is 3.56. The molecule has 7 nitrogen and oxygen atoms in total. The first-order valence-corrected chi connectivity index (χ1v) is 10.4. The molecule has 3 rings (SSSR count). The molecule has 10 heteroatoms. The minimum atomic E-state index is -3.84. The Morgan fingerprint density at radius 2 is 1.69 bits per heavy atom. The van der Waals surface area contributed by atoms with E-state index in [9.17, 15) is 13.2 Å². The van der Waals surface area contributed by atoms with Crippen LogP contribution in [-0.2, 0) is 14.8 Å². The van der Waals surface area contributed by atoms with Crippen LogP contribution in [0.5, 0.6) is 0 Å². The van der Waals surface area contributed by atoms with Crippen LogP contribution in [0, 0.1) is 0 Å². The molecular formula is C19H14Cl2N4O3S. The van der Waals surface area contributed by atoms with Crippen molar-refractivity contribution in [1.29, 1.82) is 0 Å². The summed E-state index contributed by atoms with van der Waals surface area (Å²) in [6.07, 6.45) is 5.68. The van der Waals surface area contributed by atoms with Gasteiger partial charge in [-0.3, -0.25) is 4.79 Å². The van der Waals surface area contributed by atoms with Crippen LogP contribution in [0.2, 0.25) is 10.0 Å². The molecule has 1 heterocycles. The van der Waals surface area contributed by atoms with Crippen LogP contribution in [-0.4, -0.2) is 24.3 Å². The zero-order valence-electron chi connectivity index (χ0n) is 14.7. The van der Waals surface area contributed by atoms with Gasteiger partial charge >= 0.3 is 0 Å². The zero-order valence-corrected chi connectivity index (χ0v) is 17.0. The van der Waals surface area contributed by atoms with E-state index in [1.54, 1.807) is 24.3 Å². The van der Waals surface area contributed by atoms with Gasteiger partial charge in [-0.2, -0.15) is 0 Å². The van der Waals surface area contributed by atoms with Crippen molar-refractivity contribution in [1.82, 2.24) is 9.97 Å². The average Bonchev–Trinajstić information content (AvgIpc) is 2.69.